The maximum atomic E-state index is 13.1. The maximum absolute atomic E-state index is 13.1. The molecular weight excluding hydrogens is 325 g/mol. The molecule has 24 heavy (non-hydrogen) atoms. The van der Waals surface area contributed by atoms with Crippen LogP contribution < -0.4 is 15.6 Å². The summed E-state index contributed by atoms with van der Waals surface area (Å²) in [6.07, 6.45) is -3.20. The molecule has 0 spiro atoms. The number of methoxy groups -OCH3 is 1. The number of rotatable bonds is 3. The average molecular weight is 339 g/mol. The molecule has 0 aliphatic rings. The van der Waals surface area contributed by atoms with Gasteiger partial charge in [-0.25, -0.2) is 5.32 Å². The van der Waals surface area contributed by atoms with Gasteiger partial charge in [0, 0.05) is 13.2 Å². The highest BCUT2D eigenvalue weighted by atomic mass is 19.4. The number of aryl methyl sites for hydroxylation is 2. The van der Waals surface area contributed by atoms with Crippen molar-refractivity contribution in [3.8, 4) is 5.75 Å². The Hall–Kier alpha value is -2.77. The molecule has 0 unspecified atom stereocenters. The number of carbonyl (C=O) groups is 1. The minimum Gasteiger partial charge on any atom is -0.496 e. The summed E-state index contributed by atoms with van der Waals surface area (Å²) < 4.78 is 45.1. The molecule has 0 fully saturated rings. The Balaban J connectivity index is 2.44. The van der Waals surface area contributed by atoms with Crippen molar-refractivity contribution in [1.29, 1.82) is 0 Å². The van der Waals surface area contributed by atoms with E-state index in [2.05, 4.69) is 5.32 Å². The van der Waals surface area contributed by atoms with E-state index in [9.17, 15) is 22.8 Å². The third-order valence-electron chi connectivity index (χ3n) is 3.40. The zero-order valence-corrected chi connectivity index (χ0v) is 13.1. The van der Waals surface area contributed by atoms with Crippen molar-refractivity contribution in [2.45, 2.75) is 13.1 Å². The topological polar surface area (TPSA) is 62.4 Å². The summed E-state index contributed by atoms with van der Waals surface area (Å²) >= 11 is 0. The van der Waals surface area contributed by atoms with Crippen molar-refractivity contribution in [3.63, 3.8) is 0 Å². The van der Waals surface area contributed by atoms with E-state index in [4.69, 9.17) is 4.74 Å². The molecule has 0 bridgehead atoms. The molecule has 0 saturated carbocycles. The van der Waals surface area contributed by atoms with Crippen LogP contribution in [-0.4, -0.2) is 17.6 Å². The fourth-order valence-corrected chi connectivity index (χ4v) is 2.11. The molecule has 2 aromatic rings. The van der Waals surface area contributed by atoms with Gasteiger partial charge in [0.25, 0.3) is 11.5 Å². The molecular formula is C16H14F3N2O3. The fraction of sp³-hybridized carbons (Fsp3) is 0.250. The number of hydrogen-bond acceptors (Lipinski definition) is 3. The monoisotopic (exact) mass is 339 g/mol. The van der Waals surface area contributed by atoms with Gasteiger partial charge < -0.3 is 9.30 Å². The molecule has 1 aromatic heterocycles. The zero-order valence-electron chi connectivity index (χ0n) is 13.1. The first kappa shape index (κ1) is 17.6. The Labute approximate surface area is 135 Å². The Kier molecular flexibility index (Phi) is 4.68. The summed E-state index contributed by atoms with van der Waals surface area (Å²) in [6.45, 7) is 1.50. The Morgan fingerprint density at radius 3 is 2.54 bits per heavy atom. The van der Waals surface area contributed by atoms with Gasteiger partial charge in [-0.1, -0.05) is 0 Å². The summed E-state index contributed by atoms with van der Waals surface area (Å²) in [4.78, 5) is 24.1. The first-order chi connectivity index (χ1) is 11.1. The molecule has 1 heterocycles. The molecule has 0 aliphatic heterocycles. The second-order valence-electron chi connectivity index (χ2n) is 5.09. The van der Waals surface area contributed by atoms with Gasteiger partial charge in [-0.15, -0.1) is 0 Å². The smallest absolute Gasteiger partial charge is 0.420 e. The predicted molar refractivity (Wildman–Crippen MR) is 80.5 cm³/mol. The van der Waals surface area contributed by atoms with Crippen LogP contribution in [0.1, 0.15) is 21.5 Å². The number of hydrogen-bond donors (Lipinski definition) is 0. The van der Waals surface area contributed by atoms with Crippen LogP contribution in [0.3, 0.4) is 0 Å². The van der Waals surface area contributed by atoms with Gasteiger partial charge >= 0.3 is 6.18 Å². The van der Waals surface area contributed by atoms with Crippen LogP contribution in [0, 0.1) is 6.92 Å². The van der Waals surface area contributed by atoms with Crippen LogP contribution in [0.4, 0.5) is 18.9 Å². The third-order valence-corrected chi connectivity index (χ3v) is 3.40. The van der Waals surface area contributed by atoms with Crippen molar-refractivity contribution in [1.82, 2.24) is 9.88 Å². The summed E-state index contributed by atoms with van der Waals surface area (Å²) in [5.41, 5.74) is -1.68. The number of nitrogens with zero attached hydrogens (tertiary/aromatic N) is 2. The first-order valence-electron chi connectivity index (χ1n) is 6.82. The highest BCUT2D eigenvalue weighted by molar-refractivity contribution is 5.96. The fourth-order valence-electron chi connectivity index (χ4n) is 2.11. The molecule has 1 radical (unpaired) electrons. The van der Waals surface area contributed by atoms with Crippen molar-refractivity contribution in [2.24, 2.45) is 7.05 Å². The quantitative estimate of drug-likeness (QED) is 0.864. The van der Waals surface area contributed by atoms with Gasteiger partial charge in [-0.2, -0.15) is 13.2 Å². The van der Waals surface area contributed by atoms with Crippen molar-refractivity contribution >= 4 is 11.6 Å². The van der Waals surface area contributed by atoms with Crippen molar-refractivity contribution < 1.29 is 22.7 Å². The highest BCUT2D eigenvalue weighted by Crippen LogP contribution is 2.39. The SMILES string of the molecule is COc1cc(C)c([N]C(=O)c2cccn(C)c2=O)cc1C(F)(F)F. The molecule has 5 nitrogen and oxygen atoms in total. The van der Waals surface area contributed by atoms with Crippen LogP contribution in [0.5, 0.6) is 5.75 Å². The number of aromatic nitrogens is 1. The molecule has 8 heteroatoms. The normalized spacial score (nSPS) is 11.2. The molecule has 1 amide bonds. The summed E-state index contributed by atoms with van der Waals surface area (Å²) in [7, 11) is 2.58. The Morgan fingerprint density at radius 1 is 1.29 bits per heavy atom. The number of pyridine rings is 1. The minimum atomic E-state index is -4.66. The van der Waals surface area contributed by atoms with Crippen LogP contribution >= 0.6 is 0 Å². The van der Waals surface area contributed by atoms with Crippen LogP contribution in [0.25, 0.3) is 0 Å². The highest BCUT2D eigenvalue weighted by Gasteiger charge is 2.35. The molecule has 0 atom stereocenters. The lowest BCUT2D eigenvalue weighted by Gasteiger charge is -2.15. The van der Waals surface area contributed by atoms with Crippen molar-refractivity contribution in [2.75, 3.05) is 7.11 Å². The molecule has 0 N–H and O–H groups in total. The van der Waals surface area contributed by atoms with E-state index in [1.54, 1.807) is 0 Å². The van der Waals surface area contributed by atoms with Gasteiger partial charge in [-0.3, -0.25) is 9.59 Å². The van der Waals surface area contributed by atoms with Crippen molar-refractivity contribution in [3.05, 3.63) is 57.5 Å². The second-order valence-corrected chi connectivity index (χ2v) is 5.09. The summed E-state index contributed by atoms with van der Waals surface area (Å²) in [5, 5.41) is 3.67. The van der Waals surface area contributed by atoms with Gasteiger partial charge in [0.1, 0.15) is 11.3 Å². The van der Waals surface area contributed by atoms with Gasteiger partial charge in [-0.05, 0) is 36.8 Å². The molecule has 2 rings (SSSR count). The lowest BCUT2D eigenvalue weighted by atomic mass is 10.1. The number of alkyl halides is 3. The third kappa shape index (κ3) is 3.42. The minimum absolute atomic E-state index is 0.168. The van der Waals surface area contributed by atoms with E-state index in [0.29, 0.717) is 5.56 Å². The second kappa shape index (κ2) is 6.38. The Bertz CT molecular complexity index is 841. The number of benzene rings is 1. The van der Waals surface area contributed by atoms with E-state index in [0.717, 1.165) is 19.2 Å². The van der Waals surface area contributed by atoms with Gasteiger partial charge in [0.2, 0.25) is 0 Å². The van der Waals surface area contributed by atoms with E-state index < -0.39 is 23.2 Å². The summed E-state index contributed by atoms with van der Waals surface area (Å²) in [6, 6.07) is 4.64. The van der Waals surface area contributed by atoms with Crippen LogP contribution in [-0.2, 0) is 13.2 Å². The first-order valence-corrected chi connectivity index (χ1v) is 6.82. The van der Waals surface area contributed by atoms with E-state index in [-0.39, 0.29) is 17.0 Å². The molecule has 0 saturated heterocycles. The molecule has 127 valence electrons. The number of ether oxygens (including phenoxy) is 1. The van der Waals surface area contributed by atoms with E-state index in [1.165, 1.54) is 36.9 Å². The molecule has 0 aliphatic carbocycles. The van der Waals surface area contributed by atoms with E-state index in [1.807, 2.05) is 0 Å². The standard InChI is InChI=1S/C16H14F3N2O3/c1-9-7-13(24-3)11(16(17,18)19)8-12(9)20-14(22)10-5-4-6-21(2)15(10)23/h4-8H,1-3H3. The lowest BCUT2D eigenvalue weighted by molar-refractivity contribution is -0.138. The number of halogens is 3. The van der Waals surface area contributed by atoms with E-state index >= 15 is 0 Å². The average Bonchev–Trinajstić information content (AvgIpc) is 2.50. The van der Waals surface area contributed by atoms with Gasteiger partial charge in [0.15, 0.2) is 0 Å². The number of carbonyl (C=O) groups excluding carboxylic acids is 1. The molecule has 1 aromatic carbocycles. The zero-order chi connectivity index (χ0) is 18.1. The Morgan fingerprint density at radius 2 is 1.96 bits per heavy atom. The lowest BCUT2D eigenvalue weighted by Crippen LogP contribution is -2.27. The van der Waals surface area contributed by atoms with Crippen LogP contribution in [0.15, 0.2) is 35.3 Å². The van der Waals surface area contributed by atoms with Gasteiger partial charge in [0.05, 0.1) is 18.4 Å². The number of amides is 1. The predicted octanol–water partition coefficient (Wildman–Crippen LogP) is 2.80. The summed E-state index contributed by atoms with van der Waals surface area (Å²) in [5.74, 6) is -1.26. The maximum Gasteiger partial charge on any atom is 0.420 e. The largest absolute Gasteiger partial charge is 0.496 e. The van der Waals surface area contributed by atoms with Crippen LogP contribution in [0.2, 0.25) is 0 Å².